The summed E-state index contributed by atoms with van der Waals surface area (Å²) in [6.45, 7) is 5.57. The topological polar surface area (TPSA) is 175 Å². The molecule has 71 heavy (non-hydrogen) atoms. The summed E-state index contributed by atoms with van der Waals surface area (Å²) >= 11 is 0. The highest BCUT2D eigenvalue weighted by Gasteiger charge is 2.47. The second-order valence-electron chi connectivity index (χ2n) is 19.1. The van der Waals surface area contributed by atoms with Crippen molar-refractivity contribution in [2.75, 3.05) is 13.2 Å². The number of nitrogens with one attached hydrogen (secondary N) is 1. The summed E-state index contributed by atoms with van der Waals surface area (Å²) in [5.74, 6) is -1.27. The van der Waals surface area contributed by atoms with Crippen molar-refractivity contribution in [1.29, 1.82) is 0 Å². The normalized spacial score (nSPS) is 20.4. The highest BCUT2D eigenvalue weighted by molar-refractivity contribution is 5.80. The monoisotopic (exact) mass is 996 g/mol. The number of carbonyl (C=O) groups is 2. The Morgan fingerprint density at radius 3 is 1.56 bits per heavy atom. The molecule has 1 fully saturated rings. The van der Waals surface area contributed by atoms with Gasteiger partial charge in [-0.3, -0.25) is 9.59 Å². The van der Waals surface area contributed by atoms with Crippen LogP contribution in [0.25, 0.3) is 0 Å². The summed E-state index contributed by atoms with van der Waals surface area (Å²) in [6, 6.07) is -1.05. The van der Waals surface area contributed by atoms with Gasteiger partial charge in [-0.25, -0.2) is 0 Å². The van der Waals surface area contributed by atoms with E-state index in [2.05, 4.69) is 50.4 Å². The largest absolute Gasteiger partial charge is 0.454 e. The van der Waals surface area contributed by atoms with E-state index in [9.17, 15) is 35.1 Å². The van der Waals surface area contributed by atoms with Crippen LogP contribution in [0.2, 0.25) is 0 Å². The SMILES string of the molecule is CC\C=C/C=C/C=C/C=C\C=C\C=C\CCCCCC(=O)OC1C(OCC(NC(=O)C(O)CCCC/C=C\CCCCCCCCC)C(O)/C=C/CCCCCCCCCCCC)OC(CO)C(O)C1O. The number of allylic oxidation sites excluding steroid dienone is 15. The van der Waals surface area contributed by atoms with E-state index in [1.165, 1.54) is 89.9 Å². The highest BCUT2D eigenvalue weighted by atomic mass is 16.7. The maximum Gasteiger partial charge on any atom is 0.306 e. The molecule has 1 aliphatic heterocycles. The lowest BCUT2D eigenvalue weighted by Gasteiger charge is -2.41. The number of rotatable bonds is 45. The van der Waals surface area contributed by atoms with Crippen LogP contribution in [0.4, 0.5) is 0 Å². The van der Waals surface area contributed by atoms with Gasteiger partial charge in [0.25, 0.3) is 0 Å². The van der Waals surface area contributed by atoms with Crippen molar-refractivity contribution in [2.24, 2.45) is 0 Å². The van der Waals surface area contributed by atoms with Crippen molar-refractivity contribution in [3.05, 3.63) is 97.2 Å². The fourth-order valence-corrected chi connectivity index (χ4v) is 8.15. The molecule has 0 bridgehead atoms. The predicted molar refractivity (Wildman–Crippen MR) is 292 cm³/mol. The van der Waals surface area contributed by atoms with E-state index in [4.69, 9.17) is 14.2 Å². The molecule has 0 aromatic rings. The molecule has 1 heterocycles. The van der Waals surface area contributed by atoms with Gasteiger partial charge in [-0.05, 0) is 70.6 Å². The molecule has 8 unspecified atom stereocenters. The van der Waals surface area contributed by atoms with E-state index in [0.717, 1.165) is 70.6 Å². The molecular formula is C60H101NO10. The first kappa shape index (κ1) is 65.6. The minimum Gasteiger partial charge on any atom is -0.454 e. The standard InChI is InChI=1S/C60H101NO10/c1-4-7-10-13-16-19-22-25-26-27-28-30-33-36-39-42-45-48-55(65)71-58-57(67)56(66)54(49-62)70-60(58)69-50-51(52(63)46-43-40-37-34-31-24-21-18-15-12-9-6-3)61-59(68)53(64)47-44-41-38-35-32-29-23-20-17-14-11-8-5-2/h7,10,13,16,19,22,25-28,30,32-33,35,43,46,51-54,56-58,60,62-64,66-67H,4-6,8-9,11-12,14-15,17-18,20-21,23-24,29,31,34,36-42,44-45,47-50H2,1-3H3,(H,61,68)/b10-7-,16-13+,22-19+,26-25-,28-27+,33-30+,35-32-,46-43+. The molecule has 0 saturated carbocycles. The number of aliphatic hydroxyl groups excluding tert-OH is 5. The van der Waals surface area contributed by atoms with E-state index < -0.39 is 67.4 Å². The first-order chi connectivity index (χ1) is 34.7. The Labute approximate surface area is 431 Å². The Balaban J connectivity index is 2.80. The van der Waals surface area contributed by atoms with Crippen LogP contribution in [0.3, 0.4) is 0 Å². The van der Waals surface area contributed by atoms with Gasteiger partial charge < -0.3 is 45.1 Å². The van der Waals surface area contributed by atoms with Gasteiger partial charge in [-0.1, -0.05) is 227 Å². The lowest BCUT2D eigenvalue weighted by molar-refractivity contribution is -0.305. The Morgan fingerprint density at radius 1 is 0.563 bits per heavy atom. The van der Waals surface area contributed by atoms with E-state index in [1.807, 2.05) is 66.8 Å². The second kappa shape index (κ2) is 47.6. The Hall–Kier alpha value is -3.42. The Kier molecular flexibility index (Phi) is 44.0. The summed E-state index contributed by atoms with van der Waals surface area (Å²) in [5, 5.41) is 56.7. The lowest BCUT2D eigenvalue weighted by atomic mass is 9.99. The van der Waals surface area contributed by atoms with Gasteiger partial charge >= 0.3 is 5.97 Å². The van der Waals surface area contributed by atoms with E-state index in [-0.39, 0.29) is 19.4 Å². The number of hydrogen-bond acceptors (Lipinski definition) is 10. The van der Waals surface area contributed by atoms with Crippen molar-refractivity contribution in [3.63, 3.8) is 0 Å². The Morgan fingerprint density at radius 2 is 1.03 bits per heavy atom. The molecule has 0 spiro atoms. The first-order valence-corrected chi connectivity index (χ1v) is 28.1. The van der Waals surface area contributed by atoms with Crippen LogP contribution in [0.1, 0.15) is 207 Å². The Bertz CT molecular complexity index is 1520. The van der Waals surface area contributed by atoms with Crippen LogP contribution in [-0.2, 0) is 23.8 Å². The summed E-state index contributed by atoms with van der Waals surface area (Å²) in [7, 11) is 0. The van der Waals surface area contributed by atoms with Crippen molar-refractivity contribution in [2.45, 2.75) is 256 Å². The third-order valence-corrected chi connectivity index (χ3v) is 12.6. The third-order valence-electron chi connectivity index (χ3n) is 12.6. The molecule has 8 atom stereocenters. The van der Waals surface area contributed by atoms with Crippen molar-refractivity contribution in [3.8, 4) is 0 Å². The predicted octanol–water partition coefficient (Wildman–Crippen LogP) is 12.4. The summed E-state index contributed by atoms with van der Waals surface area (Å²) < 4.78 is 17.5. The van der Waals surface area contributed by atoms with Gasteiger partial charge in [-0.15, -0.1) is 0 Å². The number of carbonyl (C=O) groups excluding carboxylic acids is 2. The van der Waals surface area contributed by atoms with Crippen LogP contribution in [0, 0.1) is 0 Å². The van der Waals surface area contributed by atoms with Gasteiger partial charge in [0.2, 0.25) is 5.91 Å². The highest BCUT2D eigenvalue weighted by Crippen LogP contribution is 2.26. The number of esters is 1. The van der Waals surface area contributed by atoms with E-state index in [0.29, 0.717) is 12.8 Å². The molecule has 11 nitrogen and oxygen atoms in total. The number of hydrogen-bond donors (Lipinski definition) is 6. The molecule has 0 aromatic heterocycles. The third kappa shape index (κ3) is 36.2. The zero-order chi connectivity index (χ0) is 51.8. The first-order valence-electron chi connectivity index (χ1n) is 28.1. The number of amides is 1. The van der Waals surface area contributed by atoms with Gasteiger partial charge in [0.05, 0.1) is 25.4 Å². The average molecular weight is 996 g/mol. The molecule has 1 aliphatic rings. The van der Waals surface area contributed by atoms with Crippen LogP contribution >= 0.6 is 0 Å². The van der Waals surface area contributed by atoms with Gasteiger partial charge in [-0.2, -0.15) is 0 Å². The van der Waals surface area contributed by atoms with Gasteiger partial charge in [0, 0.05) is 6.42 Å². The van der Waals surface area contributed by atoms with Crippen LogP contribution in [0.5, 0.6) is 0 Å². The molecule has 6 N–H and O–H groups in total. The number of unbranched alkanes of at least 4 members (excludes halogenated alkanes) is 22. The summed E-state index contributed by atoms with van der Waals surface area (Å²) in [5.41, 5.74) is 0. The second-order valence-corrected chi connectivity index (χ2v) is 19.1. The summed E-state index contributed by atoms with van der Waals surface area (Å²) in [4.78, 5) is 26.4. The maximum absolute atomic E-state index is 13.3. The van der Waals surface area contributed by atoms with Crippen LogP contribution in [-0.4, -0.2) is 99.6 Å². The number of ether oxygens (including phenoxy) is 3. The maximum atomic E-state index is 13.3. The minimum atomic E-state index is -1.64. The molecule has 0 aliphatic carbocycles. The number of aliphatic hydroxyl groups is 5. The minimum absolute atomic E-state index is 0.0656. The average Bonchev–Trinajstić information content (AvgIpc) is 3.37. The molecule has 0 aromatic carbocycles. The quantitative estimate of drug-likeness (QED) is 0.0149. The molecule has 1 amide bonds. The van der Waals surface area contributed by atoms with Crippen molar-refractivity contribution < 1.29 is 49.3 Å². The smallest absolute Gasteiger partial charge is 0.306 e. The van der Waals surface area contributed by atoms with Crippen LogP contribution < -0.4 is 5.32 Å². The molecule has 0 radical (unpaired) electrons. The zero-order valence-electron chi connectivity index (χ0n) is 44.6. The lowest BCUT2D eigenvalue weighted by Crippen LogP contribution is -2.61. The molecular weight excluding hydrogens is 895 g/mol. The zero-order valence-corrected chi connectivity index (χ0v) is 44.6. The molecule has 406 valence electrons. The van der Waals surface area contributed by atoms with Crippen LogP contribution in [0.15, 0.2) is 97.2 Å². The molecule has 11 heteroatoms. The molecule has 1 rings (SSSR count). The molecule has 1 saturated heterocycles. The fraction of sp³-hybridized carbons (Fsp3) is 0.700. The van der Waals surface area contributed by atoms with E-state index in [1.54, 1.807) is 6.08 Å². The fourth-order valence-electron chi connectivity index (χ4n) is 8.15. The van der Waals surface area contributed by atoms with Crippen molar-refractivity contribution >= 4 is 11.9 Å². The van der Waals surface area contributed by atoms with Crippen molar-refractivity contribution in [1.82, 2.24) is 5.32 Å². The summed E-state index contributed by atoms with van der Waals surface area (Å²) in [6.07, 6.45) is 51.6. The van der Waals surface area contributed by atoms with Gasteiger partial charge in [0.1, 0.15) is 24.4 Å². The van der Waals surface area contributed by atoms with E-state index >= 15 is 0 Å². The van der Waals surface area contributed by atoms with Gasteiger partial charge in [0.15, 0.2) is 12.4 Å².